The lowest BCUT2D eigenvalue weighted by molar-refractivity contribution is 0.607. The van der Waals surface area contributed by atoms with E-state index < -0.39 is 9.05 Å². The highest BCUT2D eigenvalue weighted by atomic mass is 35.7. The van der Waals surface area contributed by atoms with Gasteiger partial charge in [0.2, 0.25) is 9.05 Å². The molecule has 1 aliphatic carbocycles. The van der Waals surface area contributed by atoms with E-state index in [2.05, 4.69) is 0 Å². The zero-order valence-electron chi connectivity index (χ0n) is 6.85. The van der Waals surface area contributed by atoms with Crippen molar-refractivity contribution in [3.63, 3.8) is 0 Å². The second-order valence-corrected chi connectivity index (χ2v) is 6.11. The van der Waals surface area contributed by atoms with Crippen LogP contribution in [0.1, 0.15) is 17.9 Å². The maximum atomic E-state index is 10.9. The Balaban J connectivity index is 2.18. The molecule has 2 nitrogen and oxygen atoms in total. The number of hydrogen-bond acceptors (Lipinski definition) is 2. The summed E-state index contributed by atoms with van der Waals surface area (Å²) < 4.78 is 21.9. The summed E-state index contributed by atoms with van der Waals surface area (Å²) in [6.07, 6.45) is 0.663. The summed E-state index contributed by atoms with van der Waals surface area (Å²) in [5.41, 5.74) is 1.07. The van der Waals surface area contributed by atoms with E-state index in [1.54, 1.807) is 0 Å². The van der Waals surface area contributed by atoms with Crippen LogP contribution in [-0.2, 0) is 9.05 Å². The molecule has 1 fully saturated rings. The minimum absolute atomic E-state index is 0.115. The second kappa shape index (κ2) is 3.00. The van der Waals surface area contributed by atoms with E-state index in [0.29, 0.717) is 6.42 Å². The zero-order valence-corrected chi connectivity index (χ0v) is 8.42. The van der Waals surface area contributed by atoms with Gasteiger partial charge in [-0.2, -0.15) is 0 Å². The molecular weight excluding hydrogens is 208 g/mol. The van der Waals surface area contributed by atoms with E-state index in [1.807, 2.05) is 30.3 Å². The summed E-state index contributed by atoms with van der Waals surface area (Å²) in [6, 6.07) is 9.60. The first-order valence-electron chi connectivity index (χ1n) is 4.07. The molecule has 0 amide bonds. The van der Waals surface area contributed by atoms with Gasteiger partial charge in [0.25, 0.3) is 0 Å². The predicted octanol–water partition coefficient (Wildman–Crippen LogP) is 2.11. The molecule has 1 aliphatic rings. The fourth-order valence-corrected chi connectivity index (χ4v) is 3.11. The highest BCUT2D eigenvalue weighted by molar-refractivity contribution is 8.14. The van der Waals surface area contributed by atoms with Gasteiger partial charge in [-0.15, -0.1) is 0 Å². The molecule has 0 saturated heterocycles. The molecule has 4 heteroatoms. The molecule has 1 aromatic rings. The largest absolute Gasteiger partial charge is 0.236 e. The van der Waals surface area contributed by atoms with Gasteiger partial charge in [0.1, 0.15) is 0 Å². The molecule has 1 saturated carbocycles. The molecule has 13 heavy (non-hydrogen) atoms. The van der Waals surface area contributed by atoms with Gasteiger partial charge >= 0.3 is 0 Å². The van der Waals surface area contributed by atoms with Gasteiger partial charge in [-0.05, 0) is 12.0 Å². The molecule has 1 aromatic carbocycles. The maximum absolute atomic E-state index is 10.9. The van der Waals surface area contributed by atoms with Crippen molar-refractivity contribution in [1.82, 2.24) is 0 Å². The Morgan fingerprint density at radius 1 is 1.23 bits per heavy atom. The molecule has 0 N–H and O–H groups in total. The SMILES string of the molecule is O=S(=O)(Cl)[C@@H]1C[C@H]1c1ccccc1. The maximum Gasteiger partial charge on any atom is 0.236 e. The van der Waals surface area contributed by atoms with Gasteiger partial charge in [-0.3, -0.25) is 0 Å². The Morgan fingerprint density at radius 2 is 1.85 bits per heavy atom. The number of halogens is 1. The van der Waals surface area contributed by atoms with Gasteiger partial charge in [-0.25, -0.2) is 8.42 Å². The van der Waals surface area contributed by atoms with Gasteiger partial charge < -0.3 is 0 Å². The van der Waals surface area contributed by atoms with Crippen molar-refractivity contribution in [2.75, 3.05) is 0 Å². The van der Waals surface area contributed by atoms with Gasteiger partial charge in [0.05, 0.1) is 5.25 Å². The molecule has 70 valence electrons. The van der Waals surface area contributed by atoms with Crippen molar-refractivity contribution in [2.45, 2.75) is 17.6 Å². The van der Waals surface area contributed by atoms with E-state index >= 15 is 0 Å². The molecule has 0 aromatic heterocycles. The molecule has 0 heterocycles. The Kier molecular flexibility index (Phi) is 2.08. The summed E-state index contributed by atoms with van der Waals surface area (Å²) in [5.74, 6) is 0.115. The third-order valence-corrected chi connectivity index (χ3v) is 4.25. The van der Waals surface area contributed by atoms with Crippen LogP contribution in [0.5, 0.6) is 0 Å². The van der Waals surface area contributed by atoms with Crippen molar-refractivity contribution < 1.29 is 8.42 Å². The lowest BCUT2D eigenvalue weighted by Gasteiger charge is -1.96. The molecule has 0 spiro atoms. The van der Waals surface area contributed by atoms with E-state index in [1.165, 1.54) is 0 Å². The summed E-state index contributed by atoms with van der Waals surface area (Å²) in [5, 5.41) is -0.364. The van der Waals surface area contributed by atoms with Crippen molar-refractivity contribution in [3.05, 3.63) is 35.9 Å². The monoisotopic (exact) mass is 216 g/mol. The van der Waals surface area contributed by atoms with Crippen LogP contribution in [0, 0.1) is 0 Å². The van der Waals surface area contributed by atoms with Crippen LogP contribution < -0.4 is 0 Å². The smallest absolute Gasteiger partial charge is 0.212 e. The topological polar surface area (TPSA) is 34.1 Å². The van der Waals surface area contributed by atoms with Gasteiger partial charge in [0.15, 0.2) is 0 Å². The lowest BCUT2D eigenvalue weighted by Crippen LogP contribution is -1.98. The standard InChI is InChI=1S/C9H9ClO2S/c10-13(11,12)9-6-8(9)7-4-2-1-3-5-7/h1-5,8-9H,6H2/t8-,9+/m0/s1. The summed E-state index contributed by atoms with van der Waals surface area (Å²) >= 11 is 0. The first-order valence-corrected chi connectivity index (χ1v) is 6.45. The van der Waals surface area contributed by atoms with Crippen LogP contribution >= 0.6 is 10.7 Å². The Bertz CT molecular complexity index is 399. The molecule has 0 unspecified atom stereocenters. The highest BCUT2D eigenvalue weighted by Gasteiger charge is 2.47. The fraction of sp³-hybridized carbons (Fsp3) is 0.333. The Labute approximate surface area is 82.0 Å². The minimum atomic E-state index is -3.35. The number of hydrogen-bond donors (Lipinski definition) is 0. The molecule has 0 aliphatic heterocycles. The van der Waals surface area contributed by atoms with Crippen molar-refractivity contribution in [1.29, 1.82) is 0 Å². The average Bonchev–Trinajstić information content (AvgIpc) is 2.83. The third kappa shape index (κ3) is 1.86. The summed E-state index contributed by atoms with van der Waals surface area (Å²) in [7, 11) is 1.89. The van der Waals surface area contributed by atoms with Crippen LogP contribution in [0.25, 0.3) is 0 Å². The van der Waals surface area contributed by atoms with E-state index in [-0.39, 0.29) is 11.2 Å². The summed E-state index contributed by atoms with van der Waals surface area (Å²) in [6.45, 7) is 0. The molecular formula is C9H9ClO2S. The normalized spacial score (nSPS) is 27.2. The van der Waals surface area contributed by atoms with Crippen LogP contribution in [0.4, 0.5) is 0 Å². The molecule has 2 rings (SSSR count). The van der Waals surface area contributed by atoms with Gasteiger partial charge in [-0.1, -0.05) is 30.3 Å². The van der Waals surface area contributed by atoms with Crippen LogP contribution in [0.3, 0.4) is 0 Å². The minimum Gasteiger partial charge on any atom is -0.212 e. The first kappa shape index (κ1) is 9.03. The van der Waals surface area contributed by atoms with Crippen LogP contribution in [0.15, 0.2) is 30.3 Å². The summed E-state index contributed by atoms with van der Waals surface area (Å²) in [4.78, 5) is 0. The lowest BCUT2D eigenvalue weighted by atomic mass is 10.1. The van der Waals surface area contributed by atoms with Gasteiger partial charge in [0, 0.05) is 16.6 Å². The highest BCUT2D eigenvalue weighted by Crippen LogP contribution is 2.46. The third-order valence-electron chi connectivity index (χ3n) is 2.32. The molecule has 0 bridgehead atoms. The number of rotatable bonds is 2. The second-order valence-electron chi connectivity index (χ2n) is 3.27. The molecule has 0 radical (unpaired) electrons. The van der Waals surface area contributed by atoms with E-state index in [9.17, 15) is 8.42 Å². The van der Waals surface area contributed by atoms with E-state index in [4.69, 9.17) is 10.7 Å². The van der Waals surface area contributed by atoms with Crippen LogP contribution in [0.2, 0.25) is 0 Å². The zero-order chi connectivity index (χ0) is 9.47. The average molecular weight is 217 g/mol. The first-order chi connectivity index (χ1) is 6.09. The van der Waals surface area contributed by atoms with Crippen molar-refractivity contribution >= 4 is 19.7 Å². The Hall–Kier alpha value is -0.540. The Morgan fingerprint density at radius 3 is 2.31 bits per heavy atom. The van der Waals surface area contributed by atoms with Crippen LogP contribution in [-0.4, -0.2) is 13.7 Å². The predicted molar refractivity (Wildman–Crippen MR) is 52.4 cm³/mol. The van der Waals surface area contributed by atoms with E-state index in [0.717, 1.165) is 5.56 Å². The van der Waals surface area contributed by atoms with Crippen molar-refractivity contribution in [2.24, 2.45) is 0 Å². The number of benzene rings is 1. The van der Waals surface area contributed by atoms with Crippen molar-refractivity contribution in [3.8, 4) is 0 Å². The quantitative estimate of drug-likeness (QED) is 0.710. The molecule has 2 atom stereocenters. The fourth-order valence-electron chi connectivity index (χ4n) is 1.53.